The number of H-pyrrole nitrogens is 1. The summed E-state index contributed by atoms with van der Waals surface area (Å²) in [6.45, 7) is 1.55. The van der Waals surface area contributed by atoms with Crippen molar-refractivity contribution in [3.05, 3.63) is 69.3 Å². The van der Waals surface area contributed by atoms with Gasteiger partial charge >= 0.3 is 12.1 Å². The van der Waals surface area contributed by atoms with E-state index in [1.807, 2.05) is 0 Å². The number of carbonyl (C=O) groups is 1. The SMILES string of the molecule is Cc1cc(C2(C3CC3)C(=O)Nc3nc(-c4cn5ncnc5c(CCC(F)(F)C(F)(F)F)n4)[nH]c(=O)c32)ccc1F. The van der Waals surface area contributed by atoms with E-state index in [9.17, 15) is 35.9 Å². The van der Waals surface area contributed by atoms with Crippen LogP contribution >= 0.6 is 0 Å². The van der Waals surface area contributed by atoms with Crippen LogP contribution in [-0.4, -0.2) is 47.6 Å². The van der Waals surface area contributed by atoms with Gasteiger partial charge in [0.25, 0.3) is 5.56 Å². The molecule has 1 atom stereocenters. The van der Waals surface area contributed by atoms with Gasteiger partial charge < -0.3 is 10.3 Å². The maximum absolute atomic E-state index is 14.0. The lowest BCUT2D eigenvalue weighted by atomic mass is 9.71. The summed E-state index contributed by atoms with van der Waals surface area (Å²) < 4.78 is 80.6. The lowest BCUT2D eigenvalue weighted by molar-refractivity contribution is -0.284. The normalized spacial score (nSPS) is 19.2. The molecule has 4 heterocycles. The number of carbonyl (C=O) groups excluding carboxylic acids is 1. The van der Waals surface area contributed by atoms with Crippen molar-refractivity contribution in [1.29, 1.82) is 0 Å². The number of fused-ring (bicyclic) bond motifs is 2. The van der Waals surface area contributed by atoms with Crippen molar-refractivity contribution in [3.63, 3.8) is 0 Å². The smallest absolute Gasteiger partial charge is 0.309 e. The van der Waals surface area contributed by atoms with Gasteiger partial charge in [-0.05, 0) is 49.3 Å². The molecule has 1 aliphatic heterocycles. The zero-order valence-electron chi connectivity index (χ0n) is 20.6. The van der Waals surface area contributed by atoms with Gasteiger partial charge in [0.2, 0.25) is 5.91 Å². The van der Waals surface area contributed by atoms with Crippen LogP contribution in [0, 0.1) is 18.7 Å². The Morgan fingerprint density at radius 2 is 1.88 bits per heavy atom. The fraction of sp³-hybridized carbons (Fsp3) is 0.360. The second kappa shape index (κ2) is 8.60. The van der Waals surface area contributed by atoms with Crippen molar-refractivity contribution in [1.82, 2.24) is 29.5 Å². The first-order chi connectivity index (χ1) is 18.8. The van der Waals surface area contributed by atoms with Crippen molar-refractivity contribution in [2.45, 2.75) is 50.1 Å². The van der Waals surface area contributed by atoms with Crippen molar-refractivity contribution >= 4 is 17.4 Å². The molecule has 1 amide bonds. The molecule has 208 valence electrons. The van der Waals surface area contributed by atoms with Crippen LogP contribution in [0.1, 0.15) is 41.6 Å². The first-order valence-corrected chi connectivity index (χ1v) is 12.2. The van der Waals surface area contributed by atoms with E-state index in [0.29, 0.717) is 24.0 Å². The molecule has 3 aromatic heterocycles. The maximum Gasteiger partial charge on any atom is 0.453 e. The Hall–Kier alpha value is -4.30. The Morgan fingerprint density at radius 1 is 1.12 bits per heavy atom. The highest BCUT2D eigenvalue weighted by Gasteiger charge is 2.60. The Labute approximate surface area is 220 Å². The Morgan fingerprint density at radius 3 is 2.55 bits per heavy atom. The number of alkyl halides is 5. The summed E-state index contributed by atoms with van der Waals surface area (Å²) in [4.78, 5) is 42.0. The van der Waals surface area contributed by atoms with Gasteiger partial charge in [0.15, 0.2) is 11.5 Å². The van der Waals surface area contributed by atoms with Crippen LogP contribution in [-0.2, 0) is 16.6 Å². The molecule has 0 radical (unpaired) electrons. The summed E-state index contributed by atoms with van der Waals surface area (Å²) in [6.07, 6.45) is -4.48. The van der Waals surface area contributed by atoms with Gasteiger partial charge in [-0.3, -0.25) is 9.59 Å². The van der Waals surface area contributed by atoms with Gasteiger partial charge in [-0.1, -0.05) is 12.1 Å². The van der Waals surface area contributed by atoms with Crippen molar-refractivity contribution in [2.75, 3.05) is 5.32 Å². The number of nitrogens with one attached hydrogen (secondary N) is 2. The predicted octanol–water partition coefficient (Wildman–Crippen LogP) is 4.10. The third kappa shape index (κ3) is 3.85. The molecule has 1 aliphatic carbocycles. The highest BCUT2D eigenvalue weighted by atomic mass is 19.4. The number of halogens is 6. The number of nitrogens with zero attached hydrogens (tertiary/aromatic N) is 5. The van der Waals surface area contributed by atoms with Gasteiger partial charge in [0, 0.05) is 6.42 Å². The summed E-state index contributed by atoms with van der Waals surface area (Å²) in [5, 5.41) is 6.56. The highest BCUT2D eigenvalue weighted by Crippen LogP contribution is 2.55. The Kier molecular flexibility index (Phi) is 5.58. The standard InChI is InChI=1S/C25H19F6N7O2/c1-11-8-13(4-5-14(11)26)24(12-2-3-12)17-19(37-22(24)40)35-18(36-21(17)39)16-9-38-20(32-10-33-38)15(34-16)6-7-23(27,28)25(29,30)31/h4-5,8-10,12H,2-3,6-7H2,1H3,(H2,35,36,37,39,40). The molecule has 2 N–H and O–H groups in total. The summed E-state index contributed by atoms with van der Waals surface area (Å²) >= 11 is 0. The molecule has 1 aromatic carbocycles. The van der Waals surface area contributed by atoms with Crippen LogP contribution in [0.15, 0.2) is 35.5 Å². The van der Waals surface area contributed by atoms with E-state index in [4.69, 9.17) is 0 Å². The molecule has 1 unspecified atom stereocenters. The van der Waals surface area contributed by atoms with Gasteiger partial charge in [-0.25, -0.2) is 23.9 Å². The molecular weight excluding hydrogens is 544 g/mol. The minimum atomic E-state index is -5.74. The Bertz CT molecular complexity index is 1740. The van der Waals surface area contributed by atoms with E-state index in [1.54, 1.807) is 6.92 Å². The molecular formula is C25H19F6N7O2. The summed E-state index contributed by atoms with van der Waals surface area (Å²) in [7, 11) is 0. The molecule has 0 saturated heterocycles. The summed E-state index contributed by atoms with van der Waals surface area (Å²) in [5.74, 6) is -6.37. The minimum absolute atomic E-state index is 0.0436. The lowest BCUT2D eigenvalue weighted by Gasteiger charge is -2.27. The molecule has 0 spiro atoms. The average Bonchev–Trinajstić information content (AvgIpc) is 3.53. The van der Waals surface area contributed by atoms with Crippen molar-refractivity contribution < 1.29 is 31.1 Å². The molecule has 1 saturated carbocycles. The fourth-order valence-corrected chi connectivity index (χ4v) is 5.27. The van der Waals surface area contributed by atoms with E-state index < -0.39 is 47.6 Å². The fourth-order valence-electron chi connectivity index (χ4n) is 5.27. The average molecular weight is 563 g/mol. The molecule has 0 bridgehead atoms. The lowest BCUT2D eigenvalue weighted by Crippen LogP contribution is -2.41. The van der Waals surface area contributed by atoms with Crippen LogP contribution in [0.25, 0.3) is 17.2 Å². The predicted molar refractivity (Wildman–Crippen MR) is 127 cm³/mol. The van der Waals surface area contributed by atoms with E-state index in [0.717, 1.165) is 10.8 Å². The maximum atomic E-state index is 14.0. The summed E-state index contributed by atoms with van der Waals surface area (Å²) in [5.41, 5.74) is -1.64. The second-order valence-electron chi connectivity index (χ2n) is 9.94. The third-order valence-corrected chi connectivity index (χ3v) is 7.37. The van der Waals surface area contributed by atoms with Crippen LogP contribution < -0.4 is 10.9 Å². The minimum Gasteiger partial charge on any atom is -0.309 e. The van der Waals surface area contributed by atoms with Crippen molar-refractivity contribution in [2.24, 2.45) is 5.92 Å². The molecule has 40 heavy (non-hydrogen) atoms. The monoisotopic (exact) mass is 563 g/mol. The van der Waals surface area contributed by atoms with Crippen LogP contribution in [0.5, 0.6) is 0 Å². The number of aromatic amines is 1. The number of rotatable bonds is 6. The van der Waals surface area contributed by atoms with Gasteiger partial charge in [0.1, 0.15) is 29.1 Å². The van der Waals surface area contributed by atoms with Gasteiger partial charge in [-0.15, -0.1) is 0 Å². The Balaban J connectivity index is 1.45. The zero-order valence-corrected chi connectivity index (χ0v) is 20.6. The van der Waals surface area contributed by atoms with Crippen molar-refractivity contribution in [3.8, 4) is 11.5 Å². The molecule has 2 aliphatic rings. The van der Waals surface area contributed by atoms with Crippen LogP contribution in [0.3, 0.4) is 0 Å². The van der Waals surface area contributed by atoms with E-state index in [-0.39, 0.29) is 40.2 Å². The highest BCUT2D eigenvalue weighted by molar-refractivity contribution is 6.08. The number of aromatic nitrogens is 6. The first kappa shape index (κ1) is 26.0. The third-order valence-electron chi connectivity index (χ3n) is 7.37. The van der Waals surface area contributed by atoms with E-state index >= 15 is 0 Å². The molecule has 4 aromatic rings. The molecule has 9 nitrogen and oxygen atoms in total. The number of amides is 1. The summed E-state index contributed by atoms with van der Waals surface area (Å²) in [6, 6.07) is 4.22. The number of hydrogen-bond donors (Lipinski definition) is 2. The molecule has 1 fully saturated rings. The molecule has 6 rings (SSSR count). The number of anilines is 1. The zero-order chi connectivity index (χ0) is 28.6. The second-order valence-corrected chi connectivity index (χ2v) is 9.94. The molecule has 15 heteroatoms. The first-order valence-electron chi connectivity index (χ1n) is 12.2. The topological polar surface area (TPSA) is 118 Å². The number of benzene rings is 1. The van der Waals surface area contributed by atoms with Crippen LogP contribution in [0.2, 0.25) is 0 Å². The van der Waals surface area contributed by atoms with E-state index in [2.05, 4.69) is 30.4 Å². The quantitative estimate of drug-likeness (QED) is 0.341. The van der Waals surface area contributed by atoms with Crippen LogP contribution in [0.4, 0.5) is 32.2 Å². The van der Waals surface area contributed by atoms with Gasteiger partial charge in [0.05, 0.1) is 17.5 Å². The largest absolute Gasteiger partial charge is 0.453 e. The number of aryl methyl sites for hydroxylation is 2. The number of hydrogen-bond acceptors (Lipinski definition) is 6. The van der Waals surface area contributed by atoms with E-state index in [1.165, 1.54) is 24.4 Å². The van der Waals surface area contributed by atoms with Gasteiger partial charge in [-0.2, -0.15) is 27.1 Å².